The molecule has 0 spiro atoms. The zero-order valence-corrected chi connectivity index (χ0v) is 21.2. The first-order valence-electron chi connectivity index (χ1n) is 12.0. The lowest BCUT2D eigenvalue weighted by molar-refractivity contribution is 0.597. The molecule has 0 aliphatic carbocycles. The molecule has 1 aliphatic rings. The zero-order chi connectivity index (χ0) is 25.3. The van der Waals surface area contributed by atoms with Crippen LogP contribution in [0.4, 0.5) is 5.69 Å². The smallest absolute Gasteiger partial charge is 0.238 e. The summed E-state index contributed by atoms with van der Waals surface area (Å²) in [6, 6.07) is 34.1. The number of nitrogens with two attached hydrogens (primary N) is 1. The van der Waals surface area contributed by atoms with Crippen LogP contribution in [0.3, 0.4) is 0 Å². The minimum atomic E-state index is -3.76. The molecule has 0 bridgehead atoms. The van der Waals surface area contributed by atoms with Gasteiger partial charge in [-0.25, -0.2) is 13.6 Å². The van der Waals surface area contributed by atoms with Gasteiger partial charge in [0, 0.05) is 6.42 Å². The predicted octanol–water partition coefficient (Wildman–Crippen LogP) is 6.48. The largest absolute Gasteiger partial charge is 0.257 e. The van der Waals surface area contributed by atoms with Crippen LogP contribution in [-0.4, -0.2) is 14.1 Å². The summed E-state index contributed by atoms with van der Waals surface area (Å²) in [5.41, 5.74) is 7.67. The van der Waals surface area contributed by atoms with E-state index >= 15 is 0 Å². The quantitative estimate of drug-likeness (QED) is 0.333. The normalized spacial score (nSPS) is 15.8. The van der Waals surface area contributed by atoms with Gasteiger partial charge in [0.15, 0.2) is 0 Å². The van der Waals surface area contributed by atoms with E-state index in [0.29, 0.717) is 5.92 Å². The molecule has 1 aliphatic heterocycles. The Bertz CT molecular complexity index is 1480. The van der Waals surface area contributed by atoms with E-state index in [1.54, 1.807) is 12.1 Å². The first kappa shape index (κ1) is 24.0. The molecule has 2 N–H and O–H groups in total. The van der Waals surface area contributed by atoms with Crippen molar-refractivity contribution in [1.82, 2.24) is 0 Å². The van der Waals surface area contributed by atoms with Crippen molar-refractivity contribution in [3.63, 3.8) is 0 Å². The third-order valence-corrected chi connectivity index (χ3v) is 7.58. The number of nitrogens with zero attached hydrogens (tertiary/aromatic N) is 2. The first-order valence-corrected chi connectivity index (χ1v) is 13.6. The lowest BCUT2D eigenvalue weighted by Gasteiger charge is -2.24. The van der Waals surface area contributed by atoms with E-state index in [-0.39, 0.29) is 10.9 Å². The summed E-state index contributed by atoms with van der Waals surface area (Å²) in [6.45, 7) is 4.37. The molecular weight excluding hydrogens is 466 g/mol. The van der Waals surface area contributed by atoms with Gasteiger partial charge in [-0.1, -0.05) is 92.7 Å². The van der Waals surface area contributed by atoms with Gasteiger partial charge in [0.25, 0.3) is 0 Å². The van der Waals surface area contributed by atoms with Crippen molar-refractivity contribution in [1.29, 1.82) is 0 Å². The van der Waals surface area contributed by atoms with Crippen LogP contribution in [0.15, 0.2) is 113 Å². The van der Waals surface area contributed by atoms with E-state index in [1.165, 1.54) is 23.3 Å². The standard InChI is InChI=1S/C30H29N3O2S/c1-21(2)22-8-14-26(15-9-22)30-20-29(25-12-10-24(11-13-25)23-6-4-3-5-7-23)32-33(30)27-16-18-28(19-17-27)36(31,34)35/h3-19,21,30H,20H2,1-2H3,(H2,31,34,35). The van der Waals surface area contributed by atoms with Crippen molar-refractivity contribution in [3.05, 3.63) is 120 Å². The van der Waals surface area contributed by atoms with Crippen molar-refractivity contribution in [2.45, 2.75) is 37.1 Å². The third-order valence-electron chi connectivity index (χ3n) is 6.65. The van der Waals surface area contributed by atoms with Crippen LogP contribution in [-0.2, 0) is 10.0 Å². The number of hydrazone groups is 1. The molecule has 1 unspecified atom stereocenters. The summed E-state index contributed by atoms with van der Waals surface area (Å²) in [4.78, 5) is 0.0870. The number of anilines is 1. The second kappa shape index (κ2) is 9.72. The van der Waals surface area contributed by atoms with Gasteiger partial charge in [-0.05, 0) is 58.0 Å². The minimum Gasteiger partial charge on any atom is -0.257 e. The van der Waals surface area contributed by atoms with Crippen molar-refractivity contribution in [2.24, 2.45) is 10.2 Å². The van der Waals surface area contributed by atoms with Crippen molar-refractivity contribution >= 4 is 21.4 Å². The highest BCUT2D eigenvalue weighted by Gasteiger charge is 2.30. The SMILES string of the molecule is CC(C)c1ccc(C2CC(c3ccc(-c4ccccc4)cc3)=NN2c2ccc(S(N)(=O)=O)cc2)cc1. The second-order valence-corrected chi connectivity index (χ2v) is 11.0. The predicted molar refractivity (Wildman–Crippen MR) is 147 cm³/mol. The van der Waals surface area contributed by atoms with E-state index in [2.05, 4.69) is 74.5 Å². The van der Waals surface area contributed by atoms with Crippen LogP contribution in [0.25, 0.3) is 11.1 Å². The monoisotopic (exact) mass is 495 g/mol. The molecule has 0 saturated heterocycles. The zero-order valence-electron chi connectivity index (χ0n) is 20.4. The molecule has 0 amide bonds. The van der Waals surface area contributed by atoms with E-state index in [0.717, 1.165) is 34.5 Å². The summed E-state index contributed by atoms with van der Waals surface area (Å²) < 4.78 is 23.5. The van der Waals surface area contributed by atoms with E-state index < -0.39 is 10.0 Å². The molecule has 1 atom stereocenters. The molecule has 6 heteroatoms. The Morgan fingerprint density at radius 1 is 0.778 bits per heavy atom. The molecule has 0 saturated carbocycles. The summed E-state index contributed by atoms with van der Waals surface area (Å²) >= 11 is 0. The van der Waals surface area contributed by atoms with Gasteiger partial charge >= 0.3 is 0 Å². The lowest BCUT2D eigenvalue weighted by atomic mass is 9.94. The fourth-order valence-corrected chi connectivity index (χ4v) is 5.08. The molecule has 4 aromatic carbocycles. The van der Waals surface area contributed by atoms with Gasteiger partial charge in [0.2, 0.25) is 10.0 Å². The molecular formula is C30H29N3O2S. The van der Waals surface area contributed by atoms with Crippen LogP contribution in [0.1, 0.15) is 48.9 Å². The summed E-state index contributed by atoms with van der Waals surface area (Å²) in [6.07, 6.45) is 0.739. The summed E-state index contributed by atoms with van der Waals surface area (Å²) in [7, 11) is -3.76. The summed E-state index contributed by atoms with van der Waals surface area (Å²) in [5.74, 6) is 0.458. The molecule has 5 nitrogen and oxygen atoms in total. The van der Waals surface area contributed by atoms with Crippen molar-refractivity contribution in [2.75, 3.05) is 5.01 Å². The van der Waals surface area contributed by atoms with Gasteiger partial charge < -0.3 is 0 Å². The first-order chi connectivity index (χ1) is 17.3. The molecule has 0 fully saturated rings. The fraction of sp³-hybridized carbons (Fsp3) is 0.167. The Kier molecular flexibility index (Phi) is 6.48. The molecule has 1 heterocycles. The molecule has 0 aromatic heterocycles. The van der Waals surface area contributed by atoms with Crippen LogP contribution in [0, 0.1) is 0 Å². The van der Waals surface area contributed by atoms with Crippen molar-refractivity contribution in [3.8, 4) is 11.1 Å². The van der Waals surface area contributed by atoms with Gasteiger partial charge in [-0.3, -0.25) is 5.01 Å². The van der Waals surface area contributed by atoms with E-state index in [9.17, 15) is 8.42 Å². The van der Waals surface area contributed by atoms with Crippen LogP contribution >= 0.6 is 0 Å². The van der Waals surface area contributed by atoms with Crippen LogP contribution in [0.2, 0.25) is 0 Å². The van der Waals surface area contributed by atoms with Gasteiger partial charge in [-0.15, -0.1) is 0 Å². The maximum absolute atomic E-state index is 11.7. The number of hydrogen-bond acceptors (Lipinski definition) is 4. The number of hydrogen-bond donors (Lipinski definition) is 1. The third kappa shape index (κ3) is 4.96. The number of benzene rings is 4. The molecule has 182 valence electrons. The highest BCUT2D eigenvalue weighted by molar-refractivity contribution is 7.89. The molecule has 36 heavy (non-hydrogen) atoms. The Labute approximate surface area is 213 Å². The summed E-state index contributed by atoms with van der Waals surface area (Å²) in [5, 5.41) is 12.3. The molecule has 0 radical (unpaired) electrons. The van der Waals surface area contributed by atoms with Crippen LogP contribution < -0.4 is 10.1 Å². The topological polar surface area (TPSA) is 75.8 Å². The van der Waals surface area contributed by atoms with Gasteiger partial charge in [0.1, 0.15) is 0 Å². The highest BCUT2D eigenvalue weighted by atomic mass is 32.2. The Morgan fingerprint density at radius 3 is 1.94 bits per heavy atom. The minimum absolute atomic E-state index is 0.00431. The van der Waals surface area contributed by atoms with E-state index in [4.69, 9.17) is 10.2 Å². The molecule has 4 aromatic rings. The number of primary sulfonamides is 1. The second-order valence-electron chi connectivity index (χ2n) is 9.41. The van der Waals surface area contributed by atoms with Gasteiger partial charge in [-0.2, -0.15) is 5.10 Å². The highest BCUT2D eigenvalue weighted by Crippen LogP contribution is 2.37. The average Bonchev–Trinajstić information content (AvgIpc) is 3.34. The fourth-order valence-electron chi connectivity index (χ4n) is 4.56. The Balaban J connectivity index is 1.49. The molecule has 5 rings (SSSR count). The van der Waals surface area contributed by atoms with Crippen LogP contribution in [0.5, 0.6) is 0 Å². The van der Waals surface area contributed by atoms with Gasteiger partial charge in [0.05, 0.1) is 22.3 Å². The lowest BCUT2D eigenvalue weighted by Crippen LogP contribution is -2.19. The van der Waals surface area contributed by atoms with E-state index in [1.807, 2.05) is 23.2 Å². The maximum atomic E-state index is 11.7. The maximum Gasteiger partial charge on any atom is 0.238 e. The Hall–Kier alpha value is -3.74. The number of rotatable bonds is 6. The number of sulfonamides is 1. The van der Waals surface area contributed by atoms with Crippen molar-refractivity contribution < 1.29 is 8.42 Å². The Morgan fingerprint density at radius 2 is 1.36 bits per heavy atom. The average molecular weight is 496 g/mol.